The molecule has 1 aromatic heterocycles. The van der Waals surface area contributed by atoms with Gasteiger partial charge in [-0.2, -0.15) is 0 Å². The molecule has 70 valence electrons. The lowest BCUT2D eigenvalue weighted by atomic mass is 10.2. The zero-order valence-corrected chi connectivity index (χ0v) is 8.48. The van der Waals surface area contributed by atoms with E-state index in [-0.39, 0.29) is 12.3 Å². The standard InChI is InChI=1S/C9H6BrN3O/c10-7-2-1-6(5-13-14)8-9(7)12-4-3-11-8/h1-5,14H/i3D,4D. The van der Waals surface area contributed by atoms with Crippen molar-refractivity contribution in [2.24, 2.45) is 5.16 Å². The van der Waals surface area contributed by atoms with Crippen molar-refractivity contribution in [2.75, 3.05) is 0 Å². The highest BCUT2D eigenvalue weighted by Crippen LogP contribution is 2.22. The van der Waals surface area contributed by atoms with Gasteiger partial charge >= 0.3 is 0 Å². The molecule has 0 saturated carbocycles. The van der Waals surface area contributed by atoms with Crippen molar-refractivity contribution in [3.05, 3.63) is 34.5 Å². The molecule has 0 amide bonds. The van der Waals surface area contributed by atoms with E-state index in [2.05, 4.69) is 31.1 Å². The van der Waals surface area contributed by atoms with Crippen molar-refractivity contribution >= 4 is 33.2 Å². The lowest BCUT2D eigenvalue weighted by Crippen LogP contribution is -1.90. The van der Waals surface area contributed by atoms with Gasteiger partial charge in [0.2, 0.25) is 0 Å². The lowest BCUT2D eigenvalue weighted by Gasteiger charge is -2.00. The van der Waals surface area contributed by atoms with Gasteiger partial charge in [-0.15, -0.1) is 0 Å². The van der Waals surface area contributed by atoms with Gasteiger partial charge in [0, 0.05) is 22.4 Å². The summed E-state index contributed by atoms with van der Waals surface area (Å²) in [6.45, 7) is 0. The Labute approximate surface area is 91.2 Å². The van der Waals surface area contributed by atoms with Gasteiger partial charge in [0.15, 0.2) is 0 Å². The summed E-state index contributed by atoms with van der Waals surface area (Å²) in [5.41, 5.74) is 1.44. The highest BCUT2D eigenvalue weighted by Gasteiger charge is 2.04. The predicted molar refractivity (Wildman–Crippen MR) is 56.6 cm³/mol. The van der Waals surface area contributed by atoms with Gasteiger partial charge in [-0.3, -0.25) is 9.97 Å². The number of hydrogen-bond donors (Lipinski definition) is 1. The maximum absolute atomic E-state index is 8.50. The Morgan fingerprint density at radius 1 is 1.36 bits per heavy atom. The second-order valence-corrected chi connectivity index (χ2v) is 3.38. The minimum atomic E-state index is -0.210. The average molecular weight is 254 g/mol. The van der Waals surface area contributed by atoms with Crippen LogP contribution in [0.5, 0.6) is 0 Å². The van der Waals surface area contributed by atoms with Gasteiger partial charge < -0.3 is 5.21 Å². The molecule has 1 heterocycles. The monoisotopic (exact) mass is 253 g/mol. The molecule has 5 heteroatoms. The maximum Gasteiger partial charge on any atom is 0.103 e. The van der Waals surface area contributed by atoms with E-state index < -0.39 is 0 Å². The van der Waals surface area contributed by atoms with E-state index >= 15 is 0 Å². The number of rotatable bonds is 1. The Hall–Kier alpha value is -1.49. The minimum absolute atomic E-state index is 0.189. The van der Waals surface area contributed by atoms with Crippen LogP contribution in [0.3, 0.4) is 0 Å². The number of hydrogen-bond acceptors (Lipinski definition) is 4. The highest BCUT2D eigenvalue weighted by atomic mass is 79.9. The van der Waals surface area contributed by atoms with Crippen molar-refractivity contribution in [1.82, 2.24) is 9.97 Å². The molecule has 2 rings (SSSR count). The Morgan fingerprint density at radius 3 is 2.79 bits per heavy atom. The first-order valence-electron chi connectivity index (χ1n) is 4.74. The zero-order chi connectivity index (χ0) is 11.7. The summed E-state index contributed by atoms with van der Waals surface area (Å²) in [7, 11) is 0. The first-order chi connectivity index (χ1) is 7.63. The Morgan fingerprint density at radius 2 is 2.07 bits per heavy atom. The fourth-order valence-electron chi connectivity index (χ4n) is 1.12. The molecule has 0 unspecified atom stereocenters. The molecule has 14 heavy (non-hydrogen) atoms. The summed E-state index contributed by atoms with van der Waals surface area (Å²) in [5.74, 6) is 0. The summed E-state index contributed by atoms with van der Waals surface area (Å²) < 4.78 is 15.5. The van der Waals surface area contributed by atoms with Crippen molar-refractivity contribution in [2.45, 2.75) is 0 Å². The second kappa shape index (κ2) is 3.71. The van der Waals surface area contributed by atoms with E-state index in [4.69, 9.17) is 7.95 Å². The molecule has 0 aliphatic rings. The van der Waals surface area contributed by atoms with Gasteiger partial charge in [-0.1, -0.05) is 5.16 Å². The molecule has 0 aliphatic heterocycles. The van der Waals surface area contributed by atoms with Gasteiger partial charge in [0.1, 0.15) is 5.52 Å². The molecule has 1 aromatic carbocycles. The van der Waals surface area contributed by atoms with Gasteiger partial charge in [0.25, 0.3) is 0 Å². The van der Waals surface area contributed by atoms with Gasteiger partial charge in [-0.05, 0) is 28.1 Å². The van der Waals surface area contributed by atoms with Crippen LogP contribution in [0, 0.1) is 0 Å². The van der Waals surface area contributed by atoms with Crippen LogP contribution < -0.4 is 0 Å². The smallest absolute Gasteiger partial charge is 0.103 e. The third-order valence-corrected chi connectivity index (χ3v) is 2.36. The van der Waals surface area contributed by atoms with Crippen LogP contribution in [0.15, 0.2) is 34.1 Å². The van der Waals surface area contributed by atoms with E-state index in [0.29, 0.717) is 21.1 Å². The molecule has 0 aliphatic carbocycles. The number of benzene rings is 1. The van der Waals surface area contributed by atoms with Crippen molar-refractivity contribution in [3.63, 3.8) is 0 Å². The fraction of sp³-hybridized carbons (Fsp3) is 0. The van der Waals surface area contributed by atoms with Crippen molar-refractivity contribution in [1.29, 1.82) is 0 Å². The molecule has 0 atom stereocenters. The molecule has 0 fully saturated rings. The number of aromatic nitrogens is 2. The largest absolute Gasteiger partial charge is 0.411 e. The summed E-state index contributed by atoms with van der Waals surface area (Å²) >= 11 is 3.29. The van der Waals surface area contributed by atoms with Crippen LogP contribution in [0.4, 0.5) is 0 Å². The highest BCUT2D eigenvalue weighted by molar-refractivity contribution is 9.10. The van der Waals surface area contributed by atoms with E-state index in [9.17, 15) is 0 Å². The first-order valence-corrected chi connectivity index (χ1v) is 4.53. The maximum atomic E-state index is 8.50. The summed E-state index contributed by atoms with van der Waals surface area (Å²) in [4.78, 5) is 7.88. The molecule has 0 spiro atoms. The van der Waals surface area contributed by atoms with E-state index in [0.717, 1.165) is 0 Å². The third-order valence-electron chi connectivity index (χ3n) is 1.72. The number of oxime groups is 1. The van der Waals surface area contributed by atoms with Gasteiger partial charge in [0.05, 0.1) is 14.5 Å². The van der Waals surface area contributed by atoms with Crippen LogP contribution in [0.2, 0.25) is 0 Å². The molecule has 4 nitrogen and oxygen atoms in total. The Kier molecular flexibility index (Phi) is 1.83. The fourth-order valence-corrected chi connectivity index (χ4v) is 1.53. The summed E-state index contributed by atoms with van der Waals surface area (Å²) in [5, 5.41) is 11.4. The van der Waals surface area contributed by atoms with Crippen LogP contribution in [-0.2, 0) is 0 Å². The lowest BCUT2D eigenvalue weighted by molar-refractivity contribution is 0.322. The Balaban J connectivity index is 2.87. The predicted octanol–water partition coefficient (Wildman–Crippen LogP) is 2.20. The molecular weight excluding hydrogens is 246 g/mol. The van der Waals surface area contributed by atoms with Crippen LogP contribution in [0.25, 0.3) is 11.0 Å². The van der Waals surface area contributed by atoms with Crippen molar-refractivity contribution in [3.8, 4) is 0 Å². The minimum Gasteiger partial charge on any atom is -0.411 e. The van der Waals surface area contributed by atoms with Crippen LogP contribution in [-0.4, -0.2) is 21.4 Å². The second-order valence-electron chi connectivity index (χ2n) is 2.53. The molecule has 2 aromatic rings. The van der Waals surface area contributed by atoms with Crippen LogP contribution in [0.1, 0.15) is 8.30 Å². The average Bonchev–Trinajstić information content (AvgIpc) is 2.25. The number of fused-ring (bicyclic) bond motifs is 1. The molecule has 0 radical (unpaired) electrons. The summed E-state index contributed by atoms with van der Waals surface area (Å²) in [6, 6.07) is 3.40. The van der Waals surface area contributed by atoms with E-state index in [1.165, 1.54) is 6.21 Å². The quantitative estimate of drug-likeness (QED) is 0.482. The van der Waals surface area contributed by atoms with Gasteiger partial charge in [-0.25, -0.2) is 0 Å². The summed E-state index contributed by atoms with van der Waals surface area (Å²) in [6.07, 6.45) is 0.816. The van der Waals surface area contributed by atoms with E-state index in [1.54, 1.807) is 12.1 Å². The molecular formula is C9H6BrN3O. The first kappa shape index (κ1) is 6.89. The van der Waals surface area contributed by atoms with Crippen LogP contribution >= 0.6 is 15.9 Å². The third kappa shape index (κ3) is 1.46. The normalized spacial score (nSPS) is 13.2. The molecule has 0 bridgehead atoms. The molecule has 1 N–H and O–H groups in total. The SMILES string of the molecule is [2H]c1nc2c(Br)ccc(C=NO)c2nc1[2H]. The Bertz CT molecular complexity index is 588. The molecule has 0 saturated heterocycles. The zero-order valence-electron chi connectivity index (χ0n) is 8.90. The topological polar surface area (TPSA) is 58.4 Å². The number of nitrogens with zero attached hydrogens (tertiary/aromatic N) is 3. The van der Waals surface area contributed by atoms with E-state index in [1.807, 2.05) is 0 Å². The number of halogens is 1. The van der Waals surface area contributed by atoms with Crippen molar-refractivity contribution < 1.29 is 7.95 Å².